The molecule has 2 rings (SSSR count). The Hall–Kier alpha value is -1.46. The Morgan fingerprint density at radius 3 is 2.88 bits per heavy atom. The second-order valence-electron chi connectivity index (χ2n) is 3.34. The first-order chi connectivity index (χ1) is 8.08. The summed E-state index contributed by atoms with van der Waals surface area (Å²) in [5, 5.41) is 4.80. The molecule has 1 amide bonds. The van der Waals surface area contributed by atoms with Crippen molar-refractivity contribution in [1.82, 2.24) is 4.98 Å². The molecule has 1 aromatic carbocycles. The number of aryl methyl sites for hydroxylation is 1. The molecule has 17 heavy (non-hydrogen) atoms. The fourth-order valence-electron chi connectivity index (χ4n) is 1.29. The first-order valence-electron chi connectivity index (χ1n) is 4.75. The highest BCUT2D eigenvalue weighted by atomic mass is 35.5. The van der Waals surface area contributed by atoms with Gasteiger partial charge in [0, 0.05) is 5.38 Å². The van der Waals surface area contributed by atoms with E-state index < -0.39 is 11.7 Å². The molecule has 1 heterocycles. The summed E-state index contributed by atoms with van der Waals surface area (Å²) in [5.41, 5.74) is 0.631. The van der Waals surface area contributed by atoms with Gasteiger partial charge in [0.05, 0.1) is 16.3 Å². The summed E-state index contributed by atoms with van der Waals surface area (Å²) in [6.07, 6.45) is 0. The predicted molar refractivity (Wildman–Crippen MR) is 66.2 cm³/mol. The molecule has 0 aliphatic rings. The monoisotopic (exact) mass is 270 g/mol. The molecule has 1 aromatic heterocycles. The van der Waals surface area contributed by atoms with E-state index >= 15 is 0 Å². The molecule has 0 aliphatic heterocycles. The van der Waals surface area contributed by atoms with E-state index in [2.05, 4.69) is 10.3 Å². The van der Waals surface area contributed by atoms with Crippen molar-refractivity contribution >= 4 is 34.0 Å². The van der Waals surface area contributed by atoms with Crippen LogP contribution < -0.4 is 5.32 Å². The number of benzene rings is 1. The summed E-state index contributed by atoms with van der Waals surface area (Å²) in [4.78, 5) is 15.9. The Labute approximate surface area is 106 Å². The van der Waals surface area contributed by atoms with Gasteiger partial charge in [-0.25, -0.2) is 9.37 Å². The van der Waals surface area contributed by atoms with Crippen LogP contribution in [0.25, 0.3) is 0 Å². The molecule has 6 heteroatoms. The maximum Gasteiger partial charge on any atom is 0.261 e. The van der Waals surface area contributed by atoms with Crippen molar-refractivity contribution in [3.05, 3.63) is 45.7 Å². The van der Waals surface area contributed by atoms with E-state index in [1.165, 1.54) is 29.5 Å². The predicted octanol–water partition coefficient (Wildman–Crippen LogP) is 3.50. The van der Waals surface area contributed by atoms with Crippen LogP contribution in [0, 0.1) is 12.7 Å². The average Bonchev–Trinajstić information content (AvgIpc) is 2.63. The largest absolute Gasteiger partial charge is 0.298 e. The number of aromatic nitrogens is 1. The van der Waals surface area contributed by atoms with Gasteiger partial charge in [-0.1, -0.05) is 17.7 Å². The first-order valence-corrected chi connectivity index (χ1v) is 6.01. The number of nitrogens with one attached hydrogen (secondary N) is 1. The highest BCUT2D eigenvalue weighted by molar-refractivity contribution is 7.13. The van der Waals surface area contributed by atoms with Crippen molar-refractivity contribution < 1.29 is 9.18 Å². The standard InChI is InChI=1S/C11H8ClFN2OS/c1-6-5-17-11(14-6)15-10(16)9-7(12)3-2-4-8(9)13/h2-5H,1H3,(H,14,15,16). The second-order valence-corrected chi connectivity index (χ2v) is 4.61. The zero-order chi connectivity index (χ0) is 12.4. The van der Waals surface area contributed by atoms with E-state index in [0.29, 0.717) is 5.13 Å². The first kappa shape index (κ1) is 12.0. The van der Waals surface area contributed by atoms with E-state index in [-0.39, 0.29) is 10.6 Å². The number of anilines is 1. The molecule has 0 atom stereocenters. The number of hydrogen-bond acceptors (Lipinski definition) is 3. The van der Waals surface area contributed by atoms with Crippen LogP contribution in [0.5, 0.6) is 0 Å². The normalized spacial score (nSPS) is 10.3. The lowest BCUT2D eigenvalue weighted by Crippen LogP contribution is -2.14. The number of amides is 1. The summed E-state index contributed by atoms with van der Waals surface area (Å²) in [6, 6.07) is 4.10. The van der Waals surface area contributed by atoms with E-state index in [9.17, 15) is 9.18 Å². The average molecular weight is 271 g/mol. The number of carbonyl (C=O) groups is 1. The number of halogens is 2. The zero-order valence-corrected chi connectivity index (χ0v) is 10.4. The van der Waals surface area contributed by atoms with Gasteiger partial charge in [-0.2, -0.15) is 0 Å². The van der Waals surface area contributed by atoms with Crippen LogP contribution in [0.3, 0.4) is 0 Å². The van der Waals surface area contributed by atoms with E-state index in [1.807, 2.05) is 6.92 Å². The van der Waals surface area contributed by atoms with Crippen LogP contribution >= 0.6 is 22.9 Å². The fourth-order valence-corrected chi connectivity index (χ4v) is 2.22. The third-order valence-electron chi connectivity index (χ3n) is 2.03. The molecule has 0 saturated carbocycles. The van der Waals surface area contributed by atoms with Gasteiger partial charge in [0.1, 0.15) is 5.82 Å². The smallest absolute Gasteiger partial charge is 0.261 e. The number of nitrogens with zero attached hydrogens (tertiary/aromatic N) is 1. The molecule has 3 nitrogen and oxygen atoms in total. The molecule has 1 N–H and O–H groups in total. The Morgan fingerprint density at radius 2 is 2.29 bits per heavy atom. The number of carbonyl (C=O) groups excluding carboxylic acids is 1. The third-order valence-corrected chi connectivity index (χ3v) is 3.22. The zero-order valence-electron chi connectivity index (χ0n) is 8.83. The van der Waals surface area contributed by atoms with Gasteiger partial charge < -0.3 is 0 Å². The molecule has 2 aromatic rings. The Kier molecular flexibility index (Phi) is 3.40. The molecule has 0 saturated heterocycles. The molecule has 88 valence electrons. The maximum atomic E-state index is 13.4. The third kappa shape index (κ3) is 2.62. The molecular weight excluding hydrogens is 263 g/mol. The van der Waals surface area contributed by atoms with Crippen molar-refractivity contribution in [3.8, 4) is 0 Å². The van der Waals surface area contributed by atoms with Crippen molar-refractivity contribution in [2.24, 2.45) is 0 Å². The Morgan fingerprint density at radius 1 is 1.53 bits per heavy atom. The SMILES string of the molecule is Cc1csc(NC(=O)c2c(F)cccc2Cl)n1. The van der Waals surface area contributed by atoms with Gasteiger partial charge in [-0.05, 0) is 19.1 Å². The van der Waals surface area contributed by atoms with Crippen LogP contribution in [0.1, 0.15) is 16.1 Å². The molecule has 0 unspecified atom stereocenters. The van der Waals surface area contributed by atoms with Crippen LogP contribution in [-0.4, -0.2) is 10.9 Å². The number of rotatable bonds is 2. The molecule has 0 aliphatic carbocycles. The summed E-state index contributed by atoms with van der Waals surface area (Å²) in [7, 11) is 0. The molecule has 0 fully saturated rings. The van der Waals surface area contributed by atoms with Crippen LogP contribution in [0.2, 0.25) is 5.02 Å². The van der Waals surface area contributed by atoms with E-state index in [4.69, 9.17) is 11.6 Å². The van der Waals surface area contributed by atoms with Crippen molar-refractivity contribution in [1.29, 1.82) is 0 Å². The van der Waals surface area contributed by atoms with E-state index in [1.54, 1.807) is 5.38 Å². The van der Waals surface area contributed by atoms with Gasteiger partial charge in [-0.3, -0.25) is 10.1 Å². The Bertz CT molecular complexity index is 550. The number of thiazole rings is 1. The highest BCUT2D eigenvalue weighted by Gasteiger charge is 2.16. The van der Waals surface area contributed by atoms with Gasteiger partial charge in [0.25, 0.3) is 5.91 Å². The minimum atomic E-state index is -0.650. The lowest BCUT2D eigenvalue weighted by molar-refractivity contribution is 0.102. The molecule has 0 spiro atoms. The summed E-state index contributed by atoms with van der Waals surface area (Å²) < 4.78 is 13.4. The number of hydrogen-bond donors (Lipinski definition) is 1. The lowest BCUT2D eigenvalue weighted by Gasteiger charge is -2.04. The molecule has 0 radical (unpaired) electrons. The van der Waals surface area contributed by atoms with Crippen molar-refractivity contribution in [2.75, 3.05) is 5.32 Å². The summed E-state index contributed by atoms with van der Waals surface area (Å²) in [6.45, 7) is 1.81. The highest BCUT2D eigenvalue weighted by Crippen LogP contribution is 2.21. The molecular formula is C11H8ClFN2OS. The van der Waals surface area contributed by atoms with Crippen molar-refractivity contribution in [3.63, 3.8) is 0 Å². The van der Waals surface area contributed by atoms with Gasteiger partial charge in [-0.15, -0.1) is 11.3 Å². The van der Waals surface area contributed by atoms with Crippen LogP contribution in [-0.2, 0) is 0 Å². The lowest BCUT2D eigenvalue weighted by atomic mass is 10.2. The fraction of sp³-hybridized carbons (Fsp3) is 0.0909. The second kappa shape index (κ2) is 4.81. The maximum absolute atomic E-state index is 13.4. The van der Waals surface area contributed by atoms with Gasteiger partial charge >= 0.3 is 0 Å². The van der Waals surface area contributed by atoms with Gasteiger partial charge in [0.15, 0.2) is 5.13 Å². The minimum Gasteiger partial charge on any atom is -0.298 e. The summed E-state index contributed by atoms with van der Waals surface area (Å²) in [5.74, 6) is -1.24. The molecule has 0 bridgehead atoms. The van der Waals surface area contributed by atoms with Crippen LogP contribution in [0.4, 0.5) is 9.52 Å². The Balaban J connectivity index is 2.26. The summed E-state index contributed by atoms with van der Waals surface area (Å²) >= 11 is 7.05. The van der Waals surface area contributed by atoms with E-state index in [0.717, 1.165) is 5.69 Å². The topological polar surface area (TPSA) is 42.0 Å². The quantitative estimate of drug-likeness (QED) is 0.907. The van der Waals surface area contributed by atoms with Crippen LogP contribution in [0.15, 0.2) is 23.6 Å². The van der Waals surface area contributed by atoms with Gasteiger partial charge in [0.2, 0.25) is 0 Å². The minimum absolute atomic E-state index is 0.0794. The van der Waals surface area contributed by atoms with Crippen molar-refractivity contribution in [2.45, 2.75) is 6.92 Å².